The van der Waals surface area contributed by atoms with Crippen LogP contribution in [0, 0.1) is 5.92 Å². The van der Waals surface area contributed by atoms with Gasteiger partial charge in [0, 0.05) is 22.1 Å². The van der Waals surface area contributed by atoms with Gasteiger partial charge in [-0.05, 0) is 48.4 Å². The van der Waals surface area contributed by atoms with E-state index in [1.54, 1.807) is 12.1 Å². The summed E-state index contributed by atoms with van der Waals surface area (Å²) in [5.74, 6) is -1.18. The van der Waals surface area contributed by atoms with Gasteiger partial charge in [-0.2, -0.15) is 4.31 Å². The lowest BCUT2D eigenvalue weighted by Crippen LogP contribution is -2.53. The molecule has 2 amide bonds. The van der Waals surface area contributed by atoms with Crippen molar-refractivity contribution in [3.63, 3.8) is 0 Å². The number of carbonyl (C=O) groups excluding carboxylic acids is 4. The first-order valence-corrected chi connectivity index (χ1v) is 15.3. The highest BCUT2D eigenvalue weighted by atomic mass is 32.2. The minimum Gasteiger partial charge on any atom is -0.340 e. The molecule has 0 aromatic carbocycles. The Kier molecular flexibility index (Phi) is 7.20. The van der Waals surface area contributed by atoms with Gasteiger partial charge in [0.2, 0.25) is 5.91 Å². The molecule has 0 saturated carbocycles. The maximum Gasteiger partial charge on any atom is 0.310 e. The molecule has 2 saturated heterocycles. The lowest BCUT2D eigenvalue weighted by molar-refractivity contribution is -0.138. The number of sulfonamides is 1. The Labute approximate surface area is 227 Å². The van der Waals surface area contributed by atoms with Crippen molar-refractivity contribution >= 4 is 64.8 Å². The topological polar surface area (TPSA) is 134 Å². The van der Waals surface area contributed by atoms with Gasteiger partial charge in [0.15, 0.2) is 5.78 Å². The maximum atomic E-state index is 13.7. The van der Waals surface area contributed by atoms with Crippen LogP contribution in [0.4, 0.5) is 0 Å². The second-order valence-electron chi connectivity index (χ2n) is 9.77. The van der Waals surface area contributed by atoms with Crippen LogP contribution in [0.25, 0.3) is 9.40 Å². The number of likely N-dealkylation sites (tertiary alicyclic amines) is 1. The monoisotopic (exact) mass is 574 g/mol. The van der Waals surface area contributed by atoms with Crippen LogP contribution in [0.5, 0.6) is 0 Å². The van der Waals surface area contributed by atoms with Crippen LogP contribution < -0.4 is 5.32 Å². The van der Waals surface area contributed by atoms with Crippen LogP contribution >= 0.6 is 22.7 Å². The highest BCUT2D eigenvalue weighted by Gasteiger charge is 2.55. The number of ketones is 1. The Hall–Kier alpha value is -3.00. The van der Waals surface area contributed by atoms with E-state index >= 15 is 0 Å². The average molecular weight is 575 g/mol. The number of hydrogen-bond donors (Lipinski definition) is 1. The molecule has 0 aliphatic carbocycles. The van der Waals surface area contributed by atoms with E-state index < -0.39 is 51.5 Å². The van der Waals surface area contributed by atoms with Crippen molar-refractivity contribution in [1.29, 1.82) is 0 Å². The van der Waals surface area contributed by atoms with E-state index in [-0.39, 0.29) is 30.5 Å². The predicted octanol–water partition coefficient (Wildman–Crippen LogP) is 2.53. The van der Waals surface area contributed by atoms with Gasteiger partial charge in [-0.15, -0.1) is 22.7 Å². The van der Waals surface area contributed by atoms with E-state index in [9.17, 15) is 27.6 Å². The zero-order valence-corrected chi connectivity index (χ0v) is 23.1. The fourth-order valence-electron chi connectivity index (χ4n) is 5.06. The van der Waals surface area contributed by atoms with Gasteiger partial charge < -0.3 is 10.2 Å². The number of hydrogen-bond acceptors (Lipinski definition) is 9. The number of fused-ring (bicyclic) bond motifs is 2. The lowest BCUT2D eigenvalue weighted by Gasteiger charge is -2.29. The third-order valence-corrected chi connectivity index (χ3v) is 10.5. The van der Waals surface area contributed by atoms with Gasteiger partial charge in [-0.3, -0.25) is 24.2 Å². The van der Waals surface area contributed by atoms with E-state index in [0.29, 0.717) is 11.3 Å². The van der Waals surface area contributed by atoms with Crippen LogP contribution in [0.2, 0.25) is 0 Å². The number of nitrogens with one attached hydrogen (secondary N) is 1. The minimum atomic E-state index is -4.52. The van der Waals surface area contributed by atoms with Crippen LogP contribution in [0.15, 0.2) is 41.9 Å². The molecular weight excluding hydrogens is 548 g/mol. The third-order valence-electron chi connectivity index (χ3n) is 6.75. The lowest BCUT2D eigenvalue weighted by atomic mass is 10.0. The fourth-order valence-corrected chi connectivity index (χ4v) is 8.55. The highest BCUT2D eigenvalue weighted by molar-refractivity contribution is 8.04. The minimum absolute atomic E-state index is 0.0710. The Balaban J connectivity index is 1.35. The van der Waals surface area contributed by atoms with Gasteiger partial charge >= 0.3 is 5.12 Å². The summed E-state index contributed by atoms with van der Waals surface area (Å²) in [6.45, 7) is 3.51. The summed E-state index contributed by atoms with van der Waals surface area (Å²) in [6.07, 6.45) is 1.88. The zero-order chi connectivity index (χ0) is 27.2. The normalized spacial score (nSPS) is 20.7. The number of pyridine rings is 1. The number of thiophene rings is 2. The third kappa shape index (κ3) is 4.79. The molecule has 5 heterocycles. The van der Waals surface area contributed by atoms with Crippen molar-refractivity contribution in [1.82, 2.24) is 19.5 Å². The van der Waals surface area contributed by atoms with Crippen LogP contribution in [0.3, 0.4) is 0 Å². The molecule has 3 atom stereocenters. The van der Waals surface area contributed by atoms with Crippen LogP contribution in [0.1, 0.15) is 46.8 Å². The Morgan fingerprint density at radius 1 is 1.18 bits per heavy atom. The molecule has 5 rings (SSSR count). The first kappa shape index (κ1) is 26.6. The molecule has 0 spiro atoms. The summed E-state index contributed by atoms with van der Waals surface area (Å²) in [5, 5.41) is 3.61. The van der Waals surface area contributed by atoms with E-state index in [0.717, 1.165) is 13.7 Å². The van der Waals surface area contributed by atoms with Crippen LogP contribution in [-0.2, 0) is 19.6 Å². The molecule has 0 bridgehead atoms. The van der Waals surface area contributed by atoms with Gasteiger partial charge in [0.05, 0.1) is 17.5 Å². The number of carbonyl (C=O) groups is 4. The molecule has 3 aromatic rings. The van der Waals surface area contributed by atoms with Gasteiger partial charge in [0.1, 0.15) is 17.8 Å². The maximum absolute atomic E-state index is 13.7. The summed E-state index contributed by atoms with van der Waals surface area (Å²) >= 11 is 2.88. The predicted molar refractivity (Wildman–Crippen MR) is 144 cm³/mol. The Morgan fingerprint density at radius 2 is 1.97 bits per heavy atom. The molecule has 10 nitrogen and oxygen atoms in total. The molecule has 2 aliphatic heterocycles. The zero-order valence-electron chi connectivity index (χ0n) is 20.7. The van der Waals surface area contributed by atoms with E-state index in [2.05, 4.69) is 10.3 Å². The first-order chi connectivity index (χ1) is 18.1. The molecule has 3 aromatic heterocycles. The summed E-state index contributed by atoms with van der Waals surface area (Å²) < 4.78 is 29.2. The molecule has 0 radical (unpaired) electrons. The quantitative estimate of drug-likeness (QED) is 0.458. The number of nitrogens with zero attached hydrogens (tertiary/aromatic N) is 3. The number of rotatable bonds is 7. The molecule has 2 fully saturated rings. The van der Waals surface area contributed by atoms with Crippen molar-refractivity contribution in [2.45, 2.75) is 44.8 Å². The second-order valence-corrected chi connectivity index (χ2v) is 13.6. The number of Topliss-reactive ketones (excluding diaryl/α,β-unsaturated/α-hetero) is 1. The van der Waals surface area contributed by atoms with Crippen molar-refractivity contribution in [3.8, 4) is 0 Å². The highest BCUT2D eigenvalue weighted by Crippen LogP contribution is 2.34. The van der Waals surface area contributed by atoms with Crippen molar-refractivity contribution in [3.05, 3.63) is 52.5 Å². The van der Waals surface area contributed by atoms with E-state index in [1.165, 1.54) is 45.9 Å². The van der Waals surface area contributed by atoms with E-state index in [1.807, 2.05) is 25.3 Å². The average Bonchev–Trinajstić information content (AvgIpc) is 3.65. The SMILES string of the molecule is CC(C)CC(NC(=O)c1cc2sccc2s1)C(=O)N1CCC2C1C(=O)CN2S(=O)(=O)C(=O)c1ccccn1. The van der Waals surface area contributed by atoms with Gasteiger partial charge in [0.25, 0.3) is 15.9 Å². The summed E-state index contributed by atoms with van der Waals surface area (Å²) in [4.78, 5) is 58.2. The van der Waals surface area contributed by atoms with Crippen molar-refractivity contribution in [2.75, 3.05) is 13.1 Å². The molecule has 1 N–H and O–H groups in total. The smallest absolute Gasteiger partial charge is 0.310 e. The largest absolute Gasteiger partial charge is 0.340 e. The van der Waals surface area contributed by atoms with E-state index in [4.69, 9.17) is 0 Å². The molecule has 200 valence electrons. The molecule has 2 aliphatic rings. The van der Waals surface area contributed by atoms with Gasteiger partial charge in [-0.25, -0.2) is 8.42 Å². The standard InChI is InChI=1S/C25H26N4O6S3/c1-14(2)11-16(27-23(31)21-12-20-19(37-21)7-10-36-20)24(32)28-9-6-17-22(28)18(30)13-29(17)38(34,35)25(33)15-5-3-4-8-26-15/h3-5,7-8,10,12,14,16-17,22H,6,9,11,13H2,1-2H3,(H,27,31). The summed E-state index contributed by atoms with van der Waals surface area (Å²) in [7, 11) is -4.52. The molecule has 38 heavy (non-hydrogen) atoms. The molecular formula is C25H26N4O6S3. The van der Waals surface area contributed by atoms with Crippen molar-refractivity contribution < 1.29 is 27.6 Å². The van der Waals surface area contributed by atoms with Gasteiger partial charge in [-0.1, -0.05) is 19.9 Å². The summed E-state index contributed by atoms with van der Waals surface area (Å²) in [6, 6.07) is 5.37. The molecule has 13 heteroatoms. The fraction of sp³-hybridized carbons (Fsp3) is 0.400. The second kappa shape index (κ2) is 10.3. The summed E-state index contributed by atoms with van der Waals surface area (Å²) in [5.41, 5.74) is -0.234. The first-order valence-electron chi connectivity index (χ1n) is 12.2. The van der Waals surface area contributed by atoms with Crippen LogP contribution in [-0.4, -0.2) is 76.5 Å². The number of aromatic nitrogens is 1. The van der Waals surface area contributed by atoms with Crippen molar-refractivity contribution in [2.24, 2.45) is 5.92 Å². The Bertz CT molecular complexity index is 1490. The number of amides is 2. The Morgan fingerprint density at radius 3 is 2.66 bits per heavy atom. The molecule has 3 unspecified atom stereocenters.